The minimum Gasteiger partial charge on any atom is -0.420 e. The van der Waals surface area contributed by atoms with Crippen LogP contribution in [0, 0.1) is 6.92 Å². The SMILES string of the molecule is CCNCCc1nnc(-c2ccc(C)s2)o1. The molecule has 16 heavy (non-hydrogen) atoms. The van der Waals surface area contributed by atoms with Crippen LogP contribution in [0.2, 0.25) is 0 Å². The second-order valence-electron chi connectivity index (χ2n) is 3.51. The zero-order valence-corrected chi connectivity index (χ0v) is 10.3. The van der Waals surface area contributed by atoms with Crippen LogP contribution in [0.5, 0.6) is 0 Å². The summed E-state index contributed by atoms with van der Waals surface area (Å²) in [5, 5.41) is 11.3. The van der Waals surface area contributed by atoms with Gasteiger partial charge in [0.05, 0.1) is 4.88 Å². The third-order valence-electron chi connectivity index (χ3n) is 2.18. The Hall–Kier alpha value is -1.20. The molecule has 2 heterocycles. The van der Waals surface area contributed by atoms with E-state index in [1.807, 2.05) is 6.07 Å². The van der Waals surface area contributed by atoms with Crippen molar-refractivity contribution >= 4 is 11.3 Å². The van der Waals surface area contributed by atoms with Crippen molar-refractivity contribution in [2.75, 3.05) is 13.1 Å². The summed E-state index contributed by atoms with van der Waals surface area (Å²) in [7, 11) is 0. The van der Waals surface area contributed by atoms with Crippen LogP contribution in [0.1, 0.15) is 17.7 Å². The predicted molar refractivity (Wildman–Crippen MR) is 64.6 cm³/mol. The molecule has 0 bridgehead atoms. The van der Waals surface area contributed by atoms with Gasteiger partial charge in [0.1, 0.15) is 0 Å². The molecule has 5 heteroatoms. The largest absolute Gasteiger partial charge is 0.420 e. The lowest BCUT2D eigenvalue weighted by Gasteiger charge is -1.95. The maximum atomic E-state index is 5.58. The van der Waals surface area contributed by atoms with Gasteiger partial charge < -0.3 is 9.73 Å². The summed E-state index contributed by atoms with van der Waals surface area (Å²) in [6.45, 7) is 5.98. The van der Waals surface area contributed by atoms with E-state index in [0.29, 0.717) is 11.8 Å². The average molecular weight is 237 g/mol. The van der Waals surface area contributed by atoms with Crippen molar-refractivity contribution in [3.63, 3.8) is 0 Å². The summed E-state index contributed by atoms with van der Waals surface area (Å²) in [6, 6.07) is 4.07. The summed E-state index contributed by atoms with van der Waals surface area (Å²) in [6.07, 6.45) is 0.783. The Balaban J connectivity index is 2.02. The third kappa shape index (κ3) is 2.68. The molecule has 0 atom stereocenters. The van der Waals surface area contributed by atoms with E-state index in [0.717, 1.165) is 24.4 Å². The molecule has 0 radical (unpaired) electrons. The number of hydrogen-bond acceptors (Lipinski definition) is 5. The van der Waals surface area contributed by atoms with Crippen LogP contribution >= 0.6 is 11.3 Å². The van der Waals surface area contributed by atoms with Gasteiger partial charge in [-0.3, -0.25) is 0 Å². The van der Waals surface area contributed by atoms with Crippen molar-refractivity contribution in [3.05, 3.63) is 22.9 Å². The van der Waals surface area contributed by atoms with Crippen molar-refractivity contribution in [2.45, 2.75) is 20.3 Å². The van der Waals surface area contributed by atoms with E-state index in [9.17, 15) is 0 Å². The zero-order valence-electron chi connectivity index (χ0n) is 9.49. The number of nitrogens with zero attached hydrogens (tertiary/aromatic N) is 2. The molecule has 0 aliphatic rings. The van der Waals surface area contributed by atoms with E-state index in [4.69, 9.17) is 4.42 Å². The summed E-state index contributed by atoms with van der Waals surface area (Å²) in [5.41, 5.74) is 0. The van der Waals surface area contributed by atoms with Gasteiger partial charge in [-0.1, -0.05) is 6.92 Å². The van der Waals surface area contributed by atoms with E-state index in [1.165, 1.54) is 4.88 Å². The number of rotatable bonds is 5. The normalized spacial score (nSPS) is 10.9. The maximum absolute atomic E-state index is 5.58. The molecule has 0 amide bonds. The van der Waals surface area contributed by atoms with Crippen LogP contribution in [-0.2, 0) is 6.42 Å². The third-order valence-corrected chi connectivity index (χ3v) is 3.17. The molecule has 0 aromatic carbocycles. The molecule has 1 N–H and O–H groups in total. The quantitative estimate of drug-likeness (QED) is 0.810. The predicted octanol–water partition coefficient (Wildman–Crippen LogP) is 2.26. The Morgan fingerprint density at radius 1 is 1.38 bits per heavy atom. The van der Waals surface area contributed by atoms with E-state index >= 15 is 0 Å². The number of aryl methyl sites for hydroxylation is 1. The molecule has 0 spiro atoms. The number of thiophene rings is 1. The molecule has 2 aromatic rings. The molecule has 0 fully saturated rings. The maximum Gasteiger partial charge on any atom is 0.257 e. The Kier molecular flexibility index (Phi) is 3.69. The smallest absolute Gasteiger partial charge is 0.257 e. The second-order valence-corrected chi connectivity index (χ2v) is 4.80. The van der Waals surface area contributed by atoms with E-state index in [-0.39, 0.29) is 0 Å². The van der Waals surface area contributed by atoms with E-state index in [2.05, 4.69) is 35.4 Å². The van der Waals surface area contributed by atoms with Crippen LogP contribution in [0.25, 0.3) is 10.8 Å². The fourth-order valence-electron chi connectivity index (χ4n) is 1.38. The first-order chi connectivity index (χ1) is 7.79. The van der Waals surface area contributed by atoms with Crippen molar-refractivity contribution < 1.29 is 4.42 Å². The van der Waals surface area contributed by atoms with Gasteiger partial charge >= 0.3 is 0 Å². The number of nitrogens with one attached hydrogen (secondary N) is 1. The molecule has 0 saturated carbocycles. The highest BCUT2D eigenvalue weighted by atomic mass is 32.1. The highest BCUT2D eigenvalue weighted by molar-refractivity contribution is 7.15. The first-order valence-electron chi connectivity index (χ1n) is 5.39. The van der Waals surface area contributed by atoms with Gasteiger partial charge in [-0.15, -0.1) is 21.5 Å². The average Bonchev–Trinajstić information content (AvgIpc) is 2.87. The fraction of sp³-hybridized carbons (Fsp3) is 0.455. The number of likely N-dealkylation sites (N-methyl/N-ethyl adjacent to an activating group) is 1. The molecule has 0 saturated heterocycles. The van der Waals surface area contributed by atoms with Gasteiger partial charge in [0.2, 0.25) is 5.89 Å². The van der Waals surface area contributed by atoms with E-state index in [1.54, 1.807) is 11.3 Å². The zero-order chi connectivity index (χ0) is 11.4. The summed E-state index contributed by atoms with van der Waals surface area (Å²) < 4.78 is 5.58. The van der Waals surface area contributed by atoms with Crippen LogP contribution in [0.15, 0.2) is 16.5 Å². The van der Waals surface area contributed by atoms with Crippen LogP contribution in [0.4, 0.5) is 0 Å². The van der Waals surface area contributed by atoms with Crippen molar-refractivity contribution in [1.82, 2.24) is 15.5 Å². The monoisotopic (exact) mass is 237 g/mol. The molecule has 0 aliphatic heterocycles. The Labute approximate surface area is 98.7 Å². The van der Waals surface area contributed by atoms with Crippen LogP contribution in [-0.4, -0.2) is 23.3 Å². The minimum atomic E-state index is 0.629. The highest BCUT2D eigenvalue weighted by Gasteiger charge is 2.09. The van der Waals surface area contributed by atoms with E-state index < -0.39 is 0 Å². The molecule has 2 aromatic heterocycles. The van der Waals surface area contributed by atoms with Crippen LogP contribution in [0.3, 0.4) is 0 Å². The lowest BCUT2D eigenvalue weighted by molar-refractivity contribution is 0.497. The number of aromatic nitrogens is 2. The standard InChI is InChI=1S/C11H15N3OS/c1-3-12-7-6-10-13-14-11(15-10)9-5-4-8(2)16-9/h4-5,12H,3,6-7H2,1-2H3. The van der Waals surface area contributed by atoms with Gasteiger partial charge in [-0.25, -0.2) is 0 Å². The molecule has 0 unspecified atom stereocenters. The topological polar surface area (TPSA) is 51.0 Å². The number of hydrogen-bond donors (Lipinski definition) is 1. The molecular weight excluding hydrogens is 222 g/mol. The first kappa shape index (κ1) is 11.3. The lowest BCUT2D eigenvalue weighted by atomic mass is 10.4. The van der Waals surface area contributed by atoms with Gasteiger partial charge in [0.25, 0.3) is 5.89 Å². The Morgan fingerprint density at radius 2 is 2.25 bits per heavy atom. The molecule has 0 aliphatic carbocycles. The fourth-order valence-corrected chi connectivity index (χ4v) is 2.16. The molecule has 4 nitrogen and oxygen atoms in total. The van der Waals surface area contributed by atoms with Gasteiger partial charge in [-0.05, 0) is 25.6 Å². The van der Waals surface area contributed by atoms with Crippen molar-refractivity contribution in [1.29, 1.82) is 0 Å². The summed E-state index contributed by atoms with van der Waals surface area (Å²) in [5.74, 6) is 1.33. The van der Waals surface area contributed by atoms with Gasteiger partial charge in [-0.2, -0.15) is 0 Å². The summed E-state index contributed by atoms with van der Waals surface area (Å²) in [4.78, 5) is 2.29. The Bertz CT molecular complexity index is 450. The van der Waals surface area contributed by atoms with Crippen molar-refractivity contribution in [2.24, 2.45) is 0 Å². The van der Waals surface area contributed by atoms with Gasteiger partial charge in [0, 0.05) is 17.8 Å². The Morgan fingerprint density at radius 3 is 2.94 bits per heavy atom. The van der Waals surface area contributed by atoms with Gasteiger partial charge in [0.15, 0.2) is 0 Å². The summed E-state index contributed by atoms with van der Waals surface area (Å²) >= 11 is 1.67. The molecular formula is C11H15N3OS. The minimum absolute atomic E-state index is 0.629. The first-order valence-corrected chi connectivity index (χ1v) is 6.21. The molecule has 2 rings (SSSR count). The second kappa shape index (κ2) is 5.23. The van der Waals surface area contributed by atoms with Crippen LogP contribution < -0.4 is 5.32 Å². The molecule has 86 valence electrons. The van der Waals surface area contributed by atoms with Crippen molar-refractivity contribution in [3.8, 4) is 10.8 Å². The highest BCUT2D eigenvalue weighted by Crippen LogP contribution is 2.26. The lowest BCUT2D eigenvalue weighted by Crippen LogP contribution is -2.16.